The summed E-state index contributed by atoms with van der Waals surface area (Å²) in [5, 5.41) is 0. The van der Waals surface area contributed by atoms with Crippen LogP contribution in [0.2, 0.25) is 0 Å². The van der Waals surface area contributed by atoms with Gasteiger partial charge in [0.15, 0.2) is 0 Å². The Bertz CT molecular complexity index is 294. The molecular weight excluding hydrogens is 186 g/mol. The van der Waals surface area contributed by atoms with E-state index < -0.39 is 0 Å². The standard InChI is InChI=1S/C12H21N3/c1-6-15(7-2)11-9-13-10(8-14-11)12(3,4)5/h8-9H,6-7H2,1-5H3. The van der Waals surface area contributed by atoms with Crippen LogP contribution in [0.3, 0.4) is 0 Å². The van der Waals surface area contributed by atoms with Gasteiger partial charge in [0, 0.05) is 18.5 Å². The summed E-state index contributed by atoms with van der Waals surface area (Å²) < 4.78 is 0. The molecular formula is C12H21N3. The van der Waals surface area contributed by atoms with Crippen LogP contribution < -0.4 is 4.90 Å². The van der Waals surface area contributed by atoms with Gasteiger partial charge in [0.1, 0.15) is 5.82 Å². The lowest BCUT2D eigenvalue weighted by Gasteiger charge is -2.21. The second kappa shape index (κ2) is 4.60. The first kappa shape index (κ1) is 12.0. The predicted molar refractivity (Wildman–Crippen MR) is 64.3 cm³/mol. The zero-order chi connectivity index (χ0) is 11.5. The van der Waals surface area contributed by atoms with E-state index in [0.29, 0.717) is 0 Å². The second-order valence-electron chi connectivity index (χ2n) is 4.68. The number of anilines is 1. The van der Waals surface area contributed by atoms with Crippen molar-refractivity contribution in [2.75, 3.05) is 18.0 Å². The summed E-state index contributed by atoms with van der Waals surface area (Å²) in [6.07, 6.45) is 3.75. The smallest absolute Gasteiger partial charge is 0.147 e. The molecule has 0 saturated heterocycles. The molecule has 0 aliphatic carbocycles. The summed E-state index contributed by atoms with van der Waals surface area (Å²) in [6, 6.07) is 0. The molecule has 1 aromatic heterocycles. The van der Waals surface area contributed by atoms with E-state index in [1.807, 2.05) is 12.4 Å². The molecule has 0 N–H and O–H groups in total. The fourth-order valence-corrected chi connectivity index (χ4v) is 1.42. The van der Waals surface area contributed by atoms with Gasteiger partial charge in [-0.3, -0.25) is 4.98 Å². The van der Waals surface area contributed by atoms with Gasteiger partial charge in [0.05, 0.1) is 18.1 Å². The van der Waals surface area contributed by atoms with Gasteiger partial charge in [-0.2, -0.15) is 0 Å². The first-order valence-corrected chi connectivity index (χ1v) is 5.56. The van der Waals surface area contributed by atoms with Gasteiger partial charge < -0.3 is 4.90 Å². The van der Waals surface area contributed by atoms with E-state index in [9.17, 15) is 0 Å². The number of nitrogens with zero attached hydrogens (tertiary/aromatic N) is 3. The van der Waals surface area contributed by atoms with Crippen LogP contribution in [0.5, 0.6) is 0 Å². The minimum atomic E-state index is 0.0782. The maximum atomic E-state index is 4.46. The van der Waals surface area contributed by atoms with Crippen molar-refractivity contribution in [1.29, 1.82) is 0 Å². The van der Waals surface area contributed by atoms with Crippen LogP contribution in [0, 0.1) is 0 Å². The zero-order valence-corrected chi connectivity index (χ0v) is 10.4. The monoisotopic (exact) mass is 207 g/mol. The first-order valence-electron chi connectivity index (χ1n) is 5.56. The summed E-state index contributed by atoms with van der Waals surface area (Å²) in [5.41, 5.74) is 1.12. The Hall–Kier alpha value is -1.12. The van der Waals surface area contributed by atoms with Crippen LogP contribution in [0.25, 0.3) is 0 Å². The molecule has 1 aromatic rings. The van der Waals surface area contributed by atoms with E-state index in [1.54, 1.807) is 0 Å². The Kier molecular flexibility index (Phi) is 3.66. The normalized spacial score (nSPS) is 11.5. The summed E-state index contributed by atoms with van der Waals surface area (Å²) in [5.74, 6) is 0.966. The van der Waals surface area contributed by atoms with Crippen molar-refractivity contribution in [3.63, 3.8) is 0 Å². The van der Waals surface area contributed by atoms with Crippen LogP contribution in [0.15, 0.2) is 12.4 Å². The molecule has 0 saturated carbocycles. The molecule has 3 nitrogen and oxygen atoms in total. The van der Waals surface area contributed by atoms with Crippen LogP contribution in [0.4, 0.5) is 5.82 Å². The predicted octanol–water partition coefficient (Wildman–Crippen LogP) is 2.62. The molecule has 1 heterocycles. The Morgan fingerprint density at radius 3 is 2.00 bits per heavy atom. The quantitative estimate of drug-likeness (QED) is 0.763. The molecule has 84 valence electrons. The van der Waals surface area contributed by atoms with Crippen LogP contribution in [0.1, 0.15) is 40.3 Å². The highest BCUT2D eigenvalue weighted by Gasteiger charge is 2.16. The van der Waals surface area contributed by atoms with Crippen molar-refractivity contribution in [2.45, 2.75) is 40.0 Å². The van der Waals surface area contributed by atoms with E-state index in [0.717, 1.165) is 24.6 Å². The van der Waals surface area contributed by atoms with E-state index in [-0.39, 0.29) is 5.41 Å². The van der Waals surface area contributed by atoms with Gasteiger partial charge in [-0.05, 0) is 13.8 Å². The topological polar surface area (TPSA) is 29.0 Å². The summed E-state index contributed by atoms with van der Waals surface area (Å²) >= 11 is 0. The molecule has 0 aromatic carbocycles. The molecule has 0 spiro atoms. The second-order valence-corrected chi connectivity index (χ2v) is 4.68. The Morgan fingerprint density at radius 1 is 1.07 bits per heavy atom. The van der Waals surface area contributed by atoms with Crippen LogP contribution in [-0.4, -0.2) is 23.1 Å². The lowest BCUT2D eigenvalue weighted by Crippen LogP contribution is -2.24. The van der Waals surface area contributed by atoms with Gasteiger partial charge in [-0.1, -0.05) is 20.8 Å². The van der Waals surface area contributed by atoms with Crippen molar-refractivity contribution in [2.24, 2.45) is 0 Å². The van der Waals surface area contributed by atoms with E-state index in [1.165, 1.54) is 0 Å². The zero-order valence-electron chi connectivity index (χ0n) is 10.4. The first-order chi connectivity index (χ1) is 6.99. The van der Waals surface area contributed by atoms with E-state index >= 15 is 0 Å². The van der Waals surface area contributed by atoms with Gasteiger partial charge >= 0.3 is 0 Å². The van der Waals surface area contributed by atoms with E-state index in [2.05, 4.69) is 49.5 Å². The van der Waals surface area contributed by atoms with Crippen molar-refractivity contribution in [3.8, 4) is 0 Å². The molecule has 15 heavy (non-hydrogen) atoms. The van der Waals surface area contributed by atoms with Crippen LogP contribution >= 0.6 is 0 Å². The van der Waals surface area contributed by atoms with Crippen molar-refractivity contribution >= 4 is 5.82 Å². The lowest BCUT2D eigenvalue weighted by atomic mass is 9.93. The highest BCUT2D eigenvalue weighted by atomic mass is 15.2. The largest absolute Gasteiger partial charge is 0.356 e. The molecule has 0 radical (unpaired) electrons. The molecule has 0 amide bonds. The Labute approximate surface area is 92.6 Å². The fourth-order valence-electron chi connectivity index (χ4n) is 1.42. The molecule has 0 aliphatic heterocycles. The molecule has 1 rings (SSSR count). The third-order valence-corrected chi connectivity index (χ3v) is 2.49. The number of hydrogen-bond acceptors (Lipinski definition) is 3. The number of rotatable bonds is 3. The molecule has 3 heteroatoms. The average molecular weight is 207 g/mol. The summed E-state index contributed by atoms with van der Waals surface area (Å²) in [7, 11) is 0. The SMILES string of the molecule is CCN(CC)c1cnc(C(C)(C)C)cn1. The Balaban J connectivity index is 2.89. The van der Waals surface area contributed by atoms with Crippen molar-refractivity contribution in [3.05, 3.63) is 18.1 Å². The van der Waals surface area contributed by atoms with Crippen LogP contribution in [-0.2, 0) is 5.41 Å². The highest BCUT2D eigenvalue weighted by molar-refractivity contribution is 5.35. The van der Waals surface area contributed by atoms with Gasteiger partial charge in [0.2, 0.25) is 0 Å². The third-order valence-electron chi connectivity index (χ3n) is 2.49. The maximum Gasteiger partial charge on any atom is 0.147 e. The minimum Gasteiger partial charge on any atom is -0.356 e. The van der Waals surface area contributed by atoms with Gasteiger partial charge in [-0.15, -0.1) is 0 Å². The maximum absolute atomic E-state index is 4.46. The number of hydrogen-bond donors (Lipinski definition) is 0. The minimum absolute atomic E-state index is 0.0782. The van der Waals surface area contributed by atoms with E-state index in [4.69, 9.17) is 0 Å². The molecule has 0 aliphatic rings. The fraction of sp³-hybridized carbons (Fsp3) is 0.667. The lowest BCUT2D eigenvalue weighted by molar-refractivity contribution is 0.565. The van der Waals surface area contributed by atoms with Gasteiger partial charge in [-0.25, -0.2) is 4.98 Å². The number of aromatic nitrogens is 2. The highest BCUT2D eigenvalue weighted by Crippen LogP contribution is 2.20. The summed E-state index contributed by atoms with van der Waals surface area (Å²) in [6.45, 7) is 12.6. The van der Waals surface area contributed by atoms with Gasteiger partial charge in [0.25, 0.3) is 0 Å². The summed E-state index contributed by atoms with van der Waals surface area (Å²) in [4.78, 5) is 11.1. The van der Waals surface area contributed by atoms with Crippen molar-refractivity contribution < 1.29 is 0 Å². The molecule has 0 bridgehead atoms. The van der Waals surface area contributed by atoms with Crippen molar-refractivity contribution in [1.82, 2.24) is 9.97 Å². The molecule has 0 unspecified atom stereocenters. The Morgan fingerprint density at radius 2 is 1.67 bits per heavy atom. The third kappa shape index (κ3) is 2.91. The molecule has 0 atom stereocenters. The average Bonchev–Trinajstić information content (AvgIpc) is 2.19. The molecule has 0 fully saturated rings.